The van der Waals surface area contributed by atoms with Gasteiger partial charge in [-0.1, -0.05) is 36.4 Å². The Labute approximate surface area is 173 Å². The summed E-state index contributed by atoms with van der Waals surface area (Å²) in [7, 11) is 1.54. The number of benzene rings is 2. The van der Waals surface area contributed by atoms with Crippen LogP contribution in [0.2, 0.25) is 0 Å². The predicted octanol–water partition coefficient (Wildman–Crippen LogP) is 4.32. The number of methoxy groups -OCH3 is 1. The molecule has 0 unspecified atom stereocenters. The maximum Gasteiger partial charge on any atom is 0.259 e. The molecule has 3 N–H and O–H groups in total. The maximum absolute atomic E-state index is 13.3. The topological polar surface area (TPSA) is 85.8 Å². The standard InChI is InChI=1S/C24H21N3O3/c1-15-8-3-4-11-18(15)26-24(29)20-19-12-5-6-13-27(19)22(21(20)25)23(28)16-9-7-10-17(14-16)30-2/h3-14H,25H2,1-2H3,(H,26,29). The van der Waals surface area contributed by atoms with Crippen LogP contribution in [0, 0.1) is 6.92 Å². The number of rotatable bonds is 5. The van der Waals surface area contributed by atoms with Crippen LogP contribution in [0.15, 0.2) is 72.9 Å². The van der Waals surface area contributed by atoms with Crippen molar-refractivity contribution < 1.29 is 14.3 Å². The Morgan fingerprint density at radius 3 is 2.53 bits per heavy atom. The van der Waals surface area contributed by atoms with E-state index in [1.165, 1.54) is 0 Å². The lowest BCUT2D eigenvalue weighted by atomic mass is 10.1. The lowest BCUT2D eigenvalue weighted by molar-refractivity contribution is 0.102. The first-order chi connectivity index (χ1) is 14.5. The van der Waals surface area contributed by atoms with Crippen LogP contribution in [0.5, 0.6) is 5.75 Å². The molecule has 30 heavy (non-hydrogen) atoms. The first-order valence-electron chi connectivity index (χ1n) is 9.45. The van der Waals surface area contributed by atoms with Gasteiger partial charge in [0.15, 0.2) is 0 Å². The normalized spacial score (nSPS) is 10.7. The fraction of sp³-hybridized carbons (Fsp3) is 0.0833. The number of anilines is 2. The van der Waals surface area contributed by atoms with Gasteiger partial charge in [0.2, 0.25) is 5.78 Å². The number of aromatic nitrogens is 1. The summed E-state index contributed by atoms with van der Waals surface area (Å²) < 4.78 is 6.88. The first kappa shape index (κ1) is 19.3. The van der Waals surface area contributed by atoms with E-state index in [4.69, 9.17) is 10.5 Å². The Kier molecular flexibility index (Phi) is 4.98. The number of pyridine rings is 1. The van der Waals surface area contributed by atoms with Crippen molar-refractivity contribution in [3.63, 3.8) is 0 Å². The second-order valence-electron chi connectivity index (χ2n) is 6.92. The first-order valence-corrected chi connectivity index (χ1v) is 9.45. The minimum Gasteiger partial charge on any atom is -0.497 e. The molecule has 2 heterocycles. The number of fused-ring (bicyclic) bond motifs is 1. The molecule has 0 radical (unpaired) electrons. The smallest absolute Gasteiger partial charge is 0.259 e. The highest BCUT2D eigenvalue weighted by molar-refractivity contribution is 6.20. The van der Waals surface area contributed by atoms with Gasteiger partial charge in [-0.25, -0.2) is 0 Å². The van der Waals surface area contributed by atoms with Crippen molar-refractivity contribution in [1.29, 1.82) is 0 Å². The van der Waals surface area contributed by atoms with Gasteiger partial charge in [-0.3, -0.25) is 9.59 Å². The summed E-state index contributed by atoms with van der Waals surface area (Å²) >= 11 is 0. The summed E-state index contributed by atoms with van der Waals surface area (Å²) in [6, 6.07) is 19.7. The van der Waals surface area contributed by atoms with E-state index >= 15 is 0 Å². The number of aryl methyl sites for hydroxylation is 1. The van der Waals surface area contributed by atoms with Gasteiger partial charge in [-0.15, -0.1) is 0 Å². The van der Waals surface area contributed by atoms with Gasteiger partial charge in [-0.2, -0.15) is 0 Å². The molecular weight excluding hydrogens is 378 g/mol. The predicted molar refractivity (Wildman–Crippen MR) is 117 cm³/mol. The Morgan fingerprint density at radius 1 is 1.00 bits per heavy atom. The van der Waals surface area contributed by atoms with Gasteiger partial charge in [0, 0.05) is 17.4 Å². The molecule has 1 amide bonds. The monoisotopic (exact) mass is 399 g/mol. The van der Waals surface area contributed by atoms with Crippen LogP contribution in [0.3, 0.4) is 0 Å². The van der Waals surface area contributed by atoms with Crippen LogP contribution in [0.4, 0.5) is 11.4 Å². The third-order valence-corrected chi connectivity index (χ3v) is 5.05. The molecule has 6 nitrogen and oxygen atoms in total. The molecular formula is C24H21N3O3. The van der Waals surface area contributed by atoms with Crippen molar-refractivity contribution in [1.82, 2.24) is 4.40 Å². The summed E-state index contributed by atoms with van der Waals surface area (Å²) in [5.74, 6) is -0.0875. The number of ketones is 1. The molecule has 6 heteroatoms. The molecule has 0 saturated heterocycles. The SMILES string of the molecule is COc1cccc(C(=O)c2c(N)c(C(=O)Nc3ccccc3C)c3ccccn23)c1. The van der Waals surface area contributed by atoms with Gasteiger partial charge >= 0.3 is 0 Å². The number of hydrogen-bond acceptors (Lipinski definition) is 4. The Hall–Kier alpha value is -4.06. The van der Waals surface area contributed by atoms with E-state index in [1.54, 1.807) is 60.2 Å². The van der Waals surface area contributed by atoms with Crippen LogP contribution < -0.4 is 15.8 Å². The van der Waals surface area contributed by atoms with Gasteiger partial charge in [-0.05, 0) is 42.8 Å². The zero-order chi connectivity index (χ0) is 21.3. The number of carbonyl (C=O) groups is 2. The molecule has 0 spiro atoms. The molecule has 0 aliphatic heterocycles. The van der Waals surface area contributed by atoms with Crippen molar-refractivity contribution >= 4 is 28.6 Å². The van der Waals surface area contributed by atoms with Gasteiger partial charge < -0.3 is 20.2 Å². The molecule has 4 rings (SSSR count). The summed E-state index contributed by atoms with van der Waals surface area (Å²) in [5, 5.41) is 2.91. The second kappa shape index (κ2) is 7.75. The van der Waals surface area contributed by atoms with E-state index in [9.17, 15) is 9.59 Å². The zero-order valence-electron chi connectivity index (χ0n) is 16.7. The van der Waals surface area contributed by atoms with Crippen LogP contribution >= 0.6 is 0 Å². The number of hydrogen-bond donors (Lipinski definition) is 2. The zero-order valence-corrected chi connectivity index (χ0v) is 16.7. The summed E-state index contributed by atoms with van der Waals surface area (Å²) in [5.41, 5.74) is 9.65. The molecule has 0 saturated carbocycles. The van der Waals surface area contributed by atoms with Gasteiger partial charge in [0.25, 0.3) is 5.91 Å². The number of nitrogen functional groups attached to an aromatic ring is 1. The van der Waals surface area contributed by atoms with Crippen LogP contribution in [0.25, 0.3) is 5.52 Å². The second-order valence-corrected chi connectivity index (χ2v) is 6.92. The van der Waals surface area contributed by atoms with Crippen LogP contribution in [-0.4, -0.2) is 23.2 Å². The fourth-order valence-corrected chi connectivity index (χ4v) is 3.50. The molecule has 150 valence electrons. The van der Waals surface area contributed by atoms with Crippen LogP contribution in [-0.2, 0) is 0 Å². The minimum atomic E-state index is -0.366. The highest BCUT2D eigenvalue weighted by Crippen LogP contribution is 2.30. The number of nitrogens with zero attached hydrogens (tertiary/aromatic N) is 1. The highest BCUT2D eigenvalue weighted by Gasteiger charge is 2.26. The molecule has 0 atom stereocenters. The van der Waals surface area contributed by atoms with Gasteiger partial charge in [0.1, 0.15) is 11.4 Å². The van der Waals surface area contributed by atoms with Crippen molar-refractivity contribution in [2.75, 3.05) is 18.2 Å². The third kappa shape index (κ3) is 3.28. The fourth-order valence-electron chi connectivity index (χ4n) is 3.50. The molecule has 2 aromatic carbocycles. The maximum atomic E-state index is 13.3. The van der Waals surface area contributed by atoms with Crippen molar-refractivity contribution in [2.24, 2.45) is 0 Å². The summed E-state index contributed by atoms with van der Waals surface area (Å²) in [6.07, 6.45) is 1.73. The summed E-state index contributed by atoms with van der Waals surface area (Å²) in [6.45, 7) is 1.91. The molecule has 0 aliphatic carbocycles. The molecule has 0 fully saturated rings. The van der Waals surface area contributed by atoms with E-state index in [0.717, 1.165) is 5.56 Å². The molecule has 0 bridgehead atoms. The van der Waals surface area contributed by atoms with Crippen molar-refractivity contribution in [2.45, 2.75) is 6.92 Å². The Morgan fingerprint density at radius 2 is 1.77 bits per heavy atom. The number of amides is 1. The molecule has 0 aliphatic rings. The van der Waals surface area contributed by atoms with Crippen molar-refractivity contribution in [3.8, 4) is 5.75 Å². The van der Waals surface area contributed by atoms with Crippen LogP contribution in [0.1, 0.15) is 32.0 Å². The third-order valence-electron chi connectivity index (χ3n) is 5.05. The Balaban J connectivity index is 1.83. The van der Waals surface area contributed by atoms with E-state index < -0.39 is 0 Å². The highest BCUT2D eigenvalue weighted by atomic mass is 16.5. The molecule has 2 aromatic heterocycles. The lowest BCUT2D eigenvalue weighted by Crippen LogP contribution is -2.14. The van der Waals surface area contributed by atoms with E-state index in [0.29, 0.717) is 22.5 Å². The average Bonchev–Trinajstić information content (AvgIpc) is 3.06. The van der Waals surface area contributed by atoms with E-state index in [-0.39, 0.29) is 28.6 Å². The minimum absolute atomic E-state index is 0.139. The average molecular weight is 399 g/mol. The number of carbonyl (C=O) groups excluding carboxylic acids is 2. The molecule has 4 aromatic rings. The number of nitrogens with two attached hydrogens (primary N) is 1. The van der Waals surface area contributed by atoms with E-state index in [1.807, 2.05) is 31.2 Å². The quantitative estimate of drug-likeness (QED) is 0.489. The van der Waals surface area contributed by atoms with Gasteiger partial charge in [0.05, 0.1) is 23.9 Å². The number of ether oxygens (including phenoxy) is 1. The Bertz CT molecular complexity index is 1270. The number of para-hydroxylation sites is 1. The van der Waals surface area contributed by atoms with Crippen molar-refractivity contribution in [3.05, 3.63) is 95.3 Å². The van der Waals surface area contributed by atoms with E-state index in [2.05, 4.69) is 5.32 Å². The lowest BCUT2D eigenvalue weighted by Gasteiger charge is -2.08. The largest absolute Gasteiger partial charge is 0.497 e. The summed E-state index contributed by atoms with van der Waals surface area (Å²) in [4.78, 5) is 26.4. The number of nitrogens with one attached hydrogen (secondary N) is 1.